The highest BCUT2D eigenvalue weighted by atomic mass is 32.1. The number of ether oxygens (including phenoxy) is 2. The van der Waals surface area contributed by atoms with E-state index < -0.39 is 0 Å². The lowest BCUT2D eigenvalue weighted by atomic mass is 10.3. The van der Waals surface area contributed by atoms with Crippen molar-refractivity contribution in [3.05, 3.63) is 24.3 Å². The number of anilines is 1. The van der Waals surface area contributed by atoms with E-state index in [2.05, 4.69) is 5.32 Å². The molecule has 2 rings (SSSR count). The SMILES string of the molecule is COC(=S)Nc1cccc(OC(=O)N2CCCC2)c1. The van der Waals surface area contributed by atoms with Gasteiger partial charge in [-0.2, -0.15) is 0 Å². The van der Waals surface area contributed by atoms with Gasteiger partial charge in [-0.3, -0.25) is 0 Å². The zero-order chi connectivity index (χ0) is 13.7. The fraction of sp³-hybridized carbons (Fsp3) is 0.385. The smallest absolute Gasteiger partial charge is 0.415 e. The van der Waals surface area contributed by atoms with Crippen LogP contribution in [0.5, 0.6) is 5.75 Å². The van der Waals surface area contributed by atoms with Crippen LogP contribution in [-0.2, 0) is 4.74 Å². The van der Waals surface area contributed by atoms with E-state index in [-0.39, 0.29) is 11.3 Å². The lowest BCUT2D eigenvalue weighted by molar-refractivity contribution is 0.163. The van der Waals surface area contributed by atoms with Crippen LogP contribution in [0.15, 0.2) is 24.3 Å². The average Bonchev–Trinajstić information content (AvgIpc) is 2.93. The first-order valence-electron chi connectivity index (χ1n) is 6.11. The number of benzene rings is 1. The van der Waals surface area contributed by atoms with Gasteiger partial charge in [-0.05, 0) is 37.2 Å². The summed E-state index contributed by atoms with van der Waals surface area (Å²) in [5, 5.41) is 3.15. The second kappa shape index (κ2) is 6.38. The van der Waals surface area contributed by atoms with Crippen molar-refractivity contribution in [2.24, 2.45) is 0 Å². The van der Waals surface area contributed by atoms with Crippen molar-refractivity contribution in [1.29, 1.82) is 0 Å². The molecule has 5 nitrogen and oxygen atoms in total. The van der Waals surface area contributed by atoms with E-state index in [1.807, 2.05) is 6.07 Å². The van der Waals surface area contributed by atoms with E-state index in [4.69, 9.17) is 21.7 Å². The summed E-state index contributed by atoms with van der Waals surface area (Å²) < 4.78 is 10.2. The highest BCUT2D eigenvalue weighted by Crippen LogP contribution is 2.19. The topological polar surface area (TPSA) is 50.8 Å². The first-order valence-corrected chi connectivity index (χ1v) is 6.51. The predicted molar refractivity (Wildman–Crippen MR) is 76.5 cm³/mol. The van der Waals surface area contributed by atoms with Gasteiger partial charge in [0.05, 0.1) is 7.11 Å². The minimum Gasteiger partial charge on any atom is -0.474 e. The van der Waals surface area contributed by atoms with Crippen molar-refractivity contribution in [2.45, 2.75) is 12.8 Å². The number of carbonyl (C=O) groups is 1. The summed E-state index contributed by atoms with van der Waals surface area (Å²) in [6.07, 6.45) is 1.78. The second-order valence-corrected chi connectivity index (χ2v) is 4.58. The number of hydrogen-bond donors (Lipinski definition) is 1. The quantitative estimate of drug-likeness (QED) is 0.844. The standard InChI is InChI=1S/C13H16N2O3S/c1-17-12(19)14-10-5-4-6-11(9-10)18-13(16)15-7-2-3-8-15/h4-6,9H,2-3,7-8H2,1H3,(H,14,19). The molecule has 0 aromatic heterocycles. The van der Waals surface area contributed by atoms with E-state index in [1.54, 1.807) is 23.1 Å². The van der Waals surface area contributed by atoms with Gasteiger partial charge in [-0.15, -0.1) is 0 Å². The van der Waals surface area contributed by atoms with E-state index in [9.17, 15) is 4.79 Å². The molecule has 1 saturated heterocycles. The monoisotopic (exact) mass is 280 g/mol. The number of carbonyl (C=O) groups excluding carboxylic acids is 1. The summed E-state index contributed by atoms with van der Waals surface area (Å²) >= 11 is 4.91. The molecule has 1 amide bonds. The van der Waals surface area contributed by atoms with Crippen LogP contribution in [0.2, 0.25) is 0 Å². The lowest BCUT2D eigenvalue weighted by Gasteiger charge is -2.15. The van der Waals surface area contributed by atoms with Gasteiger partial charge in [-0.1, -0.05) is 6.07 Å². The molecule has 1 aliphatic rings. The minimum absolute atomic E-state index is 0.267. The highest BCUT2D eigenvalue weighted by molar-refractivity contribution is 7.80. The van der Waals surface area contributed by atoms with Crippen LogP contribution in [0.25, 0.3) is 0 Å². The molecule has 0 saturated carbocycles. The molecule has 102 valence electrons. The second-order valence-electron chi connectivity index (χ2n) is 4.21. The van der Waals surface area contributed by atoms with Gasteiger partial charge in [0, 0.05) is 24.8 Å². The lowest BCUT2D eigenvalue weighted by Crippen LogP contribution is -2.30. The summed E-state index contributed by atoms with van der Waals surface area (Å²) in [6.45, 7) is 1.54. The van der Waals surface area contributed by atoms with Crippen LogP contribution in [0.4, 0.5) is 10.5 Å². The third-order valence-corrected chi connectivity index (χ3v) is 3.10. The number of amides is 1. The molecule has 19 heavy (non-hydrogen) atoms. The van der Waals surface area contributed by atoms with Crippen molar-refractivity contribution < 1.29 is 14.3 Å². The fourth-order valence-electron chi connectivity index (χ4n) is 1.87. The highest BCUT2D eigenvalue weighted by Gasteiger charge is 2.19. The Morgan fingerprint density at radius 2 is 2.11 bits per heavy atom. The van der Waals surface area contributed by atoms with Crippen molar-refractivity contribution >= 4 is 29.2 Å². The van der Waals surface area contributed by atoms with Gasteiger partial charge in [-0.25, -0.2) is 4.79 Å². The maximum absolute atomic E-state index is 11.8. The van der Waals surface area contributed by atoms with Gasteiger partial charge in [0.15, 0.2) is 0 Å². The molecule has 1 fully saturated rings. The van der Waals surface area contributed by atoms with E-state index in [1.165, 1.54) is 7.11 Å². The van der Waals surface area contributed by atoms with Crippen molar-refractivity contribution in [1.82, 2.24) is 4.90 Å². The summed E-state index contributed by atoms with van der Waals surface area (Å²) in [5.41, 5.74) is 0.721. The van der Waals surface area contributed by atoms with Crippen LogP contribution in [-0.4, -0.2) is 36.4 Å². The molecule has 1 aromatic carbocycles. The third-order valence-electron chi connectivity index (χ3n) is 2.84. The van der Waals surface area contributed by atoms with Gasteiger partial charge in [0.2, 0.25) is 0 Å². The molecule has 6 heteroatoms. The molecular weight excluding hydrogens is 264 g/mol. The van der Waals surface area contributed by atoms with Crippen molar-refractivity contribution in [3.8, 4) is 5.75 Å². The normalized spacial score (nSPS) is 14.1. The van der Waals surface area contributed by atoms with Crippen molar-refractivity contribution in [3.63, 3.8) is 0 Å². The van der Waals surface area contributed by atoms with Crippen molar-refractivity contribution in [2.75, 3.05) is 25.5 Å². The van der Waals surface area contributed by atoms with Gasteiger partial charge >= 0.3 is 6.09 Å². The Morgan fingerprint density at radius 1 is 1.37 bits per heavy atom. The predicted octanol–water partition coefficient (Wildman–Crippen LogP) is 2.62. The van der Waals surface area contributed by atoms with Gasteiger partial charge in [0.25, 0.3) is 5.17 Å². The number of thiocarbonyl (C=S) groups is 1. The third kappa shape index (κ3) is 3.82. The van der Waals surface area contributed by atoms with E-state index in [0.717, 1.165) is 31.6 Å². The Kier molecular flexibility index (Phi) is 4.57. The summed E-state index contributed by atoms with van der Waals surface area (Å²) in [6, 6.07) is 7.04. The minimum atomic E-state index is -0.302. The number of hydrogen-bond acceptors (Lipinski definition) is 4. The number of likely N-dealkylation sites (tertiary alicyclic amines) is 1. The molecule has 0 aliphatic carbocycles. The largest absolute Gasteiger partial charge is 0.474 e. The molecule has 0 radical (unpaired) electrons. The molecule has 0 atom stereocenters. The first-order chi connectivity index (χ1) is 9.19. The summed E-state index contributed by atoms with van der Waals surface area (Å²) in [5.74, 6) is 0.487. The van der Waals surface area contributed by atoms with Crippen LogP contribution in [0.3, 0.4) is 0 Å². The van der Waals surface area contributed by atoms with E-state index in [0.29, 0.717) is 5.75 Å². The summed E-state index contributed by atoms with van der Waals surface area (Å²) in [4.78, 5) is 13.5. The molecular formula is C13H16N2O3S. The maximum atomic E-state index is 11.8. The van der Waals surface area contributed by atoms with E-state index >= 15 is 0 Å². The first kappa shape index (κ1) is 13.6. The van der Waals surface area contributed by atoms with Crippen LogP contribution >= 0.6 is 12.2 Å². The Morgan fingerprint density at radius 3 is 2.79 bits per heavy atom. The molecule has 1 N–H and O–H groups in total. The average molecular weight is 280 g/mol. The molecule has 1 aliphatic heterocycles. The zero-order valence-electron chi connectivity index (χ0n) is 10.7. The fourth-order valence-corrected chi connectivity index (χ4v) is 1.99. The zero-order valence-corrected chi connectivity index (χ0v) is 11.5. The van der Waals surface area contributed by atoms with Gasteiger partial charge < -0.3 is 19.7 Å². The molecule has 0 unspecified atom stereocenters. The van der Waals surface area contributed by atoms with Crippen LogP contribution < -0.4 is 10.1 Å². The Labute approximate surface area is 117 Å². The number of methoxy groups -OCH3 is 1. The van der Waals surface area contributed by atoms with Crippen LogP contribution in [0.1, 0.15) is 12.8 Å². The molecule has 1 aromatic rings. The number of nitrogens with one attached hydrogen (secondary N) is 1. The Balaban J connectivity index is 1.98. The summed E-state index contributed by atoms with van der Waals surface area (Å²) in [7, 11) is 1.49. The Hall–Kier alpha value is -1.82. The maximum Gasteiger partial charge on any atom is 0.415 e. The molecule has 0 spiro atoms. The number of rotatable bonds is 2. The van der Waals surface area contributed by atoms with Crippen LogP contribution in [0, 0.1) is 0 Å². The Bertz CT molecular complexity index is 473. The number of nitrogens with zero attached hydrogens (tertiary/aromatic N) is 1. The molecule has 1 heterocycles. The molecule has 0 bridgehead atoms. The van der Waals surface area contributed by atoms with Gasteiger partial charge in [0.1, 0.15) is 5.75 Å².